The summed E-state index contributed by atoms with van der Waals surface area (Å²) in [6.07, 6.45) is -57.8. The highest BCUT2D eigenvalue weighted by Gasteiger charge is 2.60. The SMILES string of the molecule is COC[C@H]1O[C@@H]2O[C@H]3[C@H](O)[C@@H](OC)[C@@H](O[C@H]4[C@H](O)[C@@H](O)[C@@H](O[C@H]5[C@H](O)[C@@H](O)[C@@H](O[C@H]6[C@H](OC)[C@@H](O)[C@@H](O[C@H]7[C@H](OC)[C@@H](OC)[C@@H](O[C@H]8[C@H](O)[C@@H](OC)[C@@H](O[C@H]1[C@H](O)[C@H]2OC)O[C@@H]8CO)O[C@@H]7CO)O[C@@H]6CO)O[C@@H]5CO)O[C@@H]4CO)O[C@@H]3CO. The van der Waals surface area contributed by atoms with Crippen LogP contribution in [0.15, 0.2) is 0 Å². The molecule has 14 N–H and O–H groups in total. The Hall–Kier alpha value is -1.40. The summed E-state index contributed by atoms with van der Waals surface area (Å²) in [5.74, 6) is 0. The zero-order chi connectivity index (χ0) is 61.0. The Morgan fingerprint density at radius 3 is 0.786 bits per heavy atom. The van der Waals surface area contributed by atoms with Gasteiger partial charge in [-0.1, -0.05) is 0 Å². The fourth-order valence-corrected chi connectivity index (χ4v) is 12.0. The van der Waals surface area contributed by atoms with Gasteiger partial charge in [-0.15, -0.1) is 0 Å². The van der Waals surface area contributed by atoms with Crippen molar-refractivity contribution in [1.29, 1.82) is 0 Å². The average molecular weight is 1230 g/mol. The van der Waals surface area contributed by atoms with Crippen molar-refractivity contribution in [2.24, 2.45) is 0 Å². The van der Waals surface area contributed by atoms with E-state index in [2.05, 4.69) is 0 Å². The molecule has 0 saturated carbocycles. The van der Waals surface area contributed by atoms with Crippen molar-refractivity contribution in [3.05, 3.63) is 0 Å². The topological polar surface area (TPSA) is 477 Å². The molecule has 35 atom stereocenters. The van der Waals surface area contributed by atoms with E-state index in [-0.39, 0.29) is 6.61 Å². The summed E-state index contributed by atoms with van der Waals surface area (Å²) in [6, 6.07) is 0. The van der Waals surface area contributed by atoms with Gasteiger partial charge in [-0.3, -0.25) is 0 Å². The number of ether oxygens (including phenoxy) is 21. The molecule has 35 heteroatoms. The second kappa shape index (κ2) is 30.6. The molecule has 0 aromatic rings. The summed E-state index contributed by atoms with van der Waals surface area (Å²) in [5.41, 5.74) is 0. The van der Waals surface area contributed by atoms with Gasteiger partial charge in [0.15, 0.2) is 44.0 Å². The van der Waals surface area contributed by atoms with Gasteiger partial charge in [-0.25, -0.2) is 0 Å². The van der Waals surface area contributed by atoms with Crippen LogP contribution in [0.4, 0.5) is 0 Å². The maximum atomic E-state index is 12.1. The average Bonchev–Trinajstić information content (AvgIpc) is 2.46. The van der Waals surface area contributed by atoms with E-state index in [1.165, 1.54) is 35.5 Å². The van der Waals surface area contributed by atoms with Gasteiger partial charge < -0.3 is 171 Å². The van der Waals surface area contributed by atoms with Crippen LogP contribution < -0.4 is 0 Å². The molecule has 490 valence electrons. The first-order valence-electron chi connectivity index (χ1n) is 27.3. The van der Waals surface area contributed by atoms with Crippen LogP contribution in [0.1, 0.15) is 0 Å². The number of rotatable bonds is 14. The molecule has 21 saturated heterocycles. The summed E-state index contributed by atoms with van der Waals surface area (Å²) >= 11 is 0. The van der Waals surface area contributed by atoms with E-state index >= 15 is 0 Å². The van der Waals surface area contributed by atoms with Crippen molar-refractivity contribution in [2.75, 3.05) is 96.0 Å². The van der Waals surface area contributed by atoms with Crippen LogP contribution in [0.3, 0.4) is 0 Å². The van der Waals surface area contributed by atoms with Crippen molar-refractivity contribution in [3.63, 3.8) is 0 Å². The number of hydrogen-bond donors (Lipinski definition) is 14. The van der Waals surface area contributed by atoms with Crippen molar-refractivity contribution in [3.8, 4) is 0 Å². The molecule has 0 unspecified atom stereocenters. The number of methoxy groups -OCH3 is 7. The van der Waals surface area contributed by atoms with Crippen molar-refractivity contribution < 1.29 is 171 Å². The standard InChI is InChI=1S/C49H84O35/c1-64-14-21-34-28(62)40(68-5)48(77-21)80-32-17(10-52)74-46(38(66-3)26(32)60)79-31-16(9-51)71-43(24(58)23(31)57)78-30-15(8-50)72-44(25(59)22(30)56)83-35-19(12-54)73-45(29(63)37(35)65-2)84-36-20(13-55)76-49(42(70-7)41(36)69-6)81-33-18(11-53)75-47(82-34)39(67-4)27(33)61/h15-63H,8-14H2,1-7H3/t15-,16-,17-,18-,19-,20-,21-,22-,23-,24-,25-,26+,27+,28+,29-,30-,31-,32-,33-,34-,35-,36-,37-,38-,39-,40-,41+,42-,43-,44-,45-,46-,47-,48-,49-/m1/s1. The second-order valence-electron chi connectivity index (χ2n) is 21.2. The Labute approximate surface area is 481 Å². The van der Waals surface area contributed by atoms with Gasteiger partial charge >= 0.3 is 0 Å². The minimum atomic E-state index is -2.11. The van der Waals surface area contributed by atoms with E-state index in [0.717, 1.165) is 14.2 Å². The Morgan fingerprint density at radius 1 is 0.226 bits per heavy atom. The van der Waals surface area contributed by atoms with Crippen molar-refractivity contribution in [1.82, 2.24) is 0 Å². The summed E-state index contributed by atoms with van der Waals surface area (Å²) in [5, 5.41) is 158. The third-order valence-electron chi connectivity index (χ3n) is 16.4. The molecule has 21 aliphatic heterocycles. The second-order valence-corrected chi connectivity index (χ2v) is 21.2. The molecule has 0 spiro atoms. The zero-order valence-electron chi connectivity index (χ0n) is 47.0. The van der Waals surface area contributed by atoms with Crippen LogP contribution in [0.5, 0.6) is 0 Å². The highest BCUT2D eigenvalue weighted by atomic mass is 16.8. The van der Waals surface area contributed by atoms with Crippen LogP contribution in [0.2, 0.25) is 0 Å². The first-order chi connectivity index (χ1) is 40.4. The third-order valence-corrected chi connectivity index (χ3v) is 16.4. The minimum Gasteiger partial charge on any atom is -0.394 e. The molecule has 21 aliphatic rings. The van der Waals surface area contributed by atoms with Crippen LogP contribution in [0.25, 0.3) is 0 Å². The summed E-state index contributed by atoms with van der Waals surface area (Å²) in [4.78, 5) is 0. The molecule has 0 radical (unpaired) electrons. The Kier molecular flexibility index (Phi) is 25.0. The largest absolute Gasteiger partial charge is 0.394 e. The van der Waals surface area contributed by atoms with Crippen LogP contribution in [-0.2, 0) is 99.5 Å². The Bertz CT molecular complexity index is 1950. The lowest BCUT2D eigenvalue weighted by atomic mass is 9.95. The van der Waals surface area contributed by atoms with E-state index < -0.39 is 255 Å². The van der Waals surface area contributed by atoms with Gasteiger partial charge in [0.05, 0.1) is 46.2 Å². The van der Waals surface area contributed by atoms with E-state index in [9.17, 15) is 71.5 Å². The predicted octanol–water partition coefficient (Wildman–Crippen LogP) is -10.7. The zero-order valence-corrected chi connectivity index (χ0v) is 47.0. The number of aliphatic hydroxyl groups is 14. The molecule has 21 rings (SSSR count). The highest BCUT2D eigenvalue weighted by molar-refractivity contribution is 5.03. The maximum absolute atomic E-state index is 12.1. The molecule has 21 heterocycles. The number of hydrogen-bond acceptors (Lipinski definition) is 35. The molecule has 0 aliphatic carbocycles. The molecular formula is C49H84O35. The van der Waals surface area contributed by atoms with Crippen LogP contribution >= 0.6 is 0 Å². The van der Waals surface area contributed by atoms with E-state index in [0.29, 0.717) is 0 Å². The van der Waals surface area contributed by atoms with Gasteiger partial charge in [-0.2, -0.15) is 0 Å². The fraction of sp³-hybridized carbons (Fsp3) is 1.00. The predicted molar refractivity (Wildman–Crippen MR) is 262 cm³/mol. The molecule has 14 bridgehead atoms. The normalized spacial score (nSPS) is 51.8. The smallest absolute Gasteiger partial charge is 0.187 e. The quantitative estimate of drug-likeness (QED) is 0.0768. The summed E-state index contributed by atoms with van der Waals surface area (Å²) in [7, 11) is 8.53. The lowest BCUT2D eigenvalue weighted by molar-refractivity contribution is -0.400. The molecule has 0 aromatic carbocycles. The molecule has 35 nitrogen and oxygen atoms in total. The number of aliphatic hydroxyl groups excluding tert-OH is 14. The summed E-state index contributed by atoms with van der Waals surface area (Å²) in [6.45, 7) is -5.63. The lowest BCUT2D eigenvalue weighted by Crippen LogP contribution is -2.69. The minimum absolute atomic E-state index is 0.316. The van der Waals surface area contributed by atoms with Crippen LogP contribution in [0, 0.1) is 0 Å². The van der Waals surface area contributed by atoms with Crippen LogP contribution in [-0.4, -0.2) is 382 Å². The Balaban J connectivity index is 1.13. The first kappa shape index (κ1) is 68.5. The van der Waals surface area contributed by atoms with Gasteiger partial charge in [-0.05, 0) is 0 Å². The first-order valence-corrected chi connectivity index (χ1v) is 27.3. The third kappa shape index (κ3) is 13.6. The highest BCUT2D eigenvalue weighted by Crippen LogP contribution is 2.40. The molecule has 84 heavy (non-hydrogen) atoms. The van der Waals surface area contributed by atoms with Gasteiger partial charge in [0.25, 0.3) is 0 Å². The molecule has 0 amide bonds. The molecule has 0 aromatic heterocycles. The monoisotopic (exact) mass is 1230 g/mol. The maximum Gasteiger partial charge on any atom is 0.187 e. The fourth-order valence-electron chi connectivity index (χ4n) is 12.0. The van der Waals surface area contributed by atoms with Crippen molar-refractivity contribution in [2.45, 2.75) is 215 Å². The molecular weight excluding hydrogens is 1150 g/mol. The van der Waals surface area contributed by atoms with E-state index in [1.807, 2.05) is 0 Å². The van der Waals surface area contributed by atoms with Gasteiger partial charge in [0.2, 0.25) is 0 Å². The van der Waals surface area contributed by atoms with Gasteiger partial charge in [0, 0.05) is 49.8 Å². The van der Waals surface area contributed by atoms with Gasteiger partial charge in [0.1, 0.15) is 171 Å². The van der Waals surface area contributed by atoms with E-state index in [1.54, 1.807) is 0 Å². The van der Waals surface area contributed by atoms with E-state index in [4.69, 9.17) is 99.5 Å². The van der Waals surface area contributed by atoms with Crippen molar-refractivity contribution >= 4 is 0 Å². The molecule has 21 fully saturated rings. The summed E-state index contributed by atoms with van der Waals surface area (Å²) < 4.78 is 125. The lowest BCUT2D eigenvalue weighted by Gasteiger charge is -2.51. The Morgan fingerprint density at radius 2 is 0.464 bits per heavy atom.